The van der Waals surface area contributed by atoms with E-state index in [0.29, 0.717) is 6.54 Å². The third kappa shape index (κ3) is 7.11. The van der Waals surface area contributed by atoms with E-state index >= 15 is 0 Å². The molecular formula is C22H34N2O2. The minimum Gasteiger partial charge on any atom is -0.494 e. The molecule has 0 spiro atoms. The first kappa shape index (κ1) is 20.3. The molecule has 2 rings (SSSR count). The molecule has 0 saturated carbocycles. The number of aromatic amines is 1. The maximum atomic E-state index is 11.0. The molecule has 0 saturated heterocycles. The predicted molar refractivity (Wildman–Crippen MR) is 109 cm³/mol. The second-order valence-electron chi connectivity index (χ2n) is 7.08. The van der Waals surface area contributed by atoms with Crippen LogP contribution >= 0.6 is 0 Å². The van der Waals surface area contributed by atoms with E-state index in [-0.39, 0.29) is 5.91 Å². The van der Waals surface area contributed by atoms with Crippen LogP contribution in [0.3, 0.4) is 0 Å². The molecule has 4 heteroatoms. The second kappa shape index (κ2) is 11.6. The Morgan fingerprint density at radius 1 is 1.08 bits per heavy atom. The van der Waals surface area contributed by atoms with Gasteiger partial charge in [-0.15, -0.1) is 0 Å². The van der Waals surface area contributed by atoms with Gasteiger partial charge in [0.25, 0.3) is 0 Å². The Morgan fingerprint density at radius 2 is 1.81 bits per heavy atom. The molecule has 0 aliphatic carbocycles. The van der Waals surface area contributed by atoms with Crippen molar-refractivity contribution in [3.8, 4) is 5.75 Å². The summed E-state index contributed by atoms with van der Waals surface area (Å²) >= 11 is 0. The summed E-state index contributed by atoms with van der Waals surface area (Å²) in [6.07, 6.45) is 13.3. The minimum atomic E-state index is 0.0132. The lowest BCUT2D eigenvalue weighted by Gasteiger charge is -2.07. The topological polar surface area (TPSA) is 54.1 Å². The first-order chi connectivity index (χ1) is 12.7. The Hall–Kier alpha value is -1.97. The molecule has 0 aliphatic heterocycles. The number of benzene rings is 1. The number of aromatic nitrogens is 1. The van der Waals surface area contributed by atoms with Gasteiger partial charge in [-0.1, -0.05) is 51.9 Å². The Kier molecular flexibility index (Phi) is 9.08. The first-order valence-electron chi connectivity index (χ1n) is 10.2. The van der Waals surface area contributed by atoms with Gasteiger partial charge in [-0.25, -0.2) is 0 Å². The smallest absolute Gasteiger partial charge is 0.216 e. The Labute approximate surface area is 157 Å². The van der Waals surface area contributed by atoms with Crippen molar-refractivity contribution in [2.45, 2.75) is 71.6 Å². The van der Waals surface area contributed by atoms with Gasteiger partial charge in [0.05, 0.1) is 6.61 Å². The maximum absolute atomic E-state index is 11.0. The number of nitrogens with one attached hydrogen (secondary N) is 2. The number of carbonyl (C=O) groups is 1. The number of hydrogen-bond acceptors (Lipinski definition) is 2. The van der Waals surface area contributed by atoms with Crippen molar-refractivity contribution in [2.24, 2.45) is 0 Å². The van der Waals surface area contributed by atoms with Crippen LogP contribution in [0.5, 0.6) is 5.75 Å². The van der Waals surface area contributed by atoms with E-state index in [1.807, 2.05) is 12.3 Å². The van der Waals surface area contributed by atoms with Gasteiger partial charge in [-0.2, -0.15) is 0 Å². The van der Waals surface area contributed by atoms with Crippen molar-refractivity contribution in [1.82, 2.24) is 10.3 Å². The molecule has 2 aromatic rings. The highest BCUT2D eigenvalue weighted by atomic mass is 16.5. The van der Waals surface area contributed by atoms with E-state index in [2.05, 4.69) is 29.4 Å². The van der Waals surface area contributed by atoms with Crippen molar-refractivity contribution in [2.75, 3.05) is 13.2 Å². The lowest BCUT2D eigenvalue weighted by molar-refractivity contribution is -0.118. The van der Waals surface area contributed by atoms with Gasteiger partial charge >= 0.3 is 0 Å². The molecule has 0 unspecified atom stereocenters. The van der Waals surface area contributed by atoms with Crippen molar-refractivity contribution in [3.63, 3.8) is 0 Å². The monoisotopic (exact) mass is 358 g/mol. The normalized spacial score (nSPS) is 11.0. The summed E-state index contributed by atoms with van der Waals surface area (Å²) in [6, 6.07) is 6.21. The summed E-state index contributed by atoms with van der Waals surface area (Å²) in [5.41, 5.74) is 2.33. The van der Waals surface area contributed by atoms with Crippen LogP contribution in [0.25, 0.3) is 10.9 Å². The average molecular weight is 359 g/mol. The third-order valence-corrected chi connectivity index (χ3v) is 4.77. The van der Waals surface area contributed by atoms with E-state index in [9.17, 15) is 4.79 Å². The highest BCUT2D eigenvalue weighted by molar-refractivity contribution is 5.84. The van der Waals surface area contributed by atoms with Crippen molar-refractivity contribution in [3.05, 3.63) is 30.0 Å². The molecule has 0 fully saturated rings. The van der Waals surface area contributed by atoms with Gasteiger partial charge in [-0.3, -0.25) is 4.79 Å². The van der Waals surface area contributed by atoms with Crippen LogP contribution in [0, 0.1) is 0 Å². The number of rotatable bonds is 13. The summed E-state index contributed by atoms with van der Waals surface area (Å²) in [4.78, 5) is 14.3. The van der Waals surface area contributed by atoms with Crippen LogP contribution in [0.2, 0.25) is 0 Å². The van der Waals surface area contributed by atoms with E-state index in [4.69, 9.17) is 4.74 Å². The van der Waals surface area contributed by atoms with Gasteiger partial charge in [-0.05, 0) is 36.6 Å². The van der Waals surface area contributed by atoms with Gasteiger partial charge in [0.15, 0.2) is 0 Å². The molecule has 0 aliphatic rings. The Bertz CT molecular complexity index is 663. The lowest BCUT2D eigenvalue weighted by Crippen LogP contribution is -2.22. The predicted octanol–water partition coefficient (Wildman–Crippen LogP) is 5.37. The van der Waals surface area contributed by atoms with Crippen molar-refractivity contribution >= 4 is 16.8 Å². The molecule has 4 nitrogen and oxygen atoms in total. The number of carbonyl (C=O) groups excluding carboxylic acids is 1. The molecule has 0 atom stereocenters. The first-order valence-corrected chi connectivity index (χ1v) is 10.2. The van der Waals surface area contributed by atoms with Gasteiger partial charge < -0.3 is 15.0 Å². The summed E-state index contributed by atoms with van der Waals surface area (Å²) in [5, 5.41) is 4.03. The SMILES string of the molecule is CCCCCCCCCCOc1ccc2[nH]cc(CCNC(C)=O)c2c1. The molecule has 144 valence electrons. The van der Waals surface area contributed by atoms with Crippen LogP contribution in [0.4, 0.5) is 0 Å². The van der Waals surface area contributed by atoms with Gasteiger partial charge in [0, 0.05) is 30.6 Å². The number of unbranched alkanes of at least 4 members (excludes halogenated alkanes) is 7. The zero-order valence-electron chi connectivity index (χ0n) is 16.4. The second-order valence-corrected chi connectivity index (χ2v) is 7.08. The molecule has 0 radical (unpaired) electrons. The maximum Gasteiger partial charge on any atom is 0.216 e. The zero-order valence-corrected chi connectivity index (χ0v) is 16.4. The molecule has 1 heterocycles. The van der Waals surface area contributed by atoms with E-state index in [1.54, 1.807) is 6.92 Å². The van der Waals surface area contributed by atoms with Crippen molar-refractivity contribution < 1.29 is 9.53 Å². The molecular weight excluding hydrogens is 324 g/mol. The number of H-pyrrole nitrogens is 1. The third-order valence-electron chi connectivity index (χ3n) is 4.77. The van der Waals surface area contributed by atoms with Crippen molar-refractivity contribution in [1.29, 1.82) is 0 Å². The fourth-order valence-electron chi connectivity index (χ4n) is 3.25. The Balaban J connectivity index is 1.71. The van der Waals surface area contributed by atoms with Crippen LogP contribution < -0.4 is 10.1 Å². The number of ether oxygens (including phenoxy) is 1. The quantitative estimate of drug-likeness (QED) is 0.473. The Morgan fingerprint density at radius 3 is 2.54 bits per heavy atom. The number of hydrogen-bond donors (Lipinski definition) is 2. The summed E-state index contributed by atoms with van der Waals surface area (Å²) in [7, 11) is 0. The molecule has 0 bridgehead atoms. The van der Waals surface area contributed by atoms with Crippen LogP contribution in [0.15, 0.2) is 24.4 Å². The largest absolute Gasteiger partial charge is 0.494 e. The molecule has 1 aromatic carbocycles. The van der Waals surface area contributed by atoms with Gasteiger partial charge in [0.2, 0.25) is 5.91 Å². The zero-order chi connectivity index (χ0) is 18.6. The van der Waals surface area contributed by atoms with E-state index in [1.165, 1.54) is 55.9 Å². The summed E-state index contributed by atoms with van der Waals surface area (Å²) < 4.78 is 5.94. The standard InChI is InChI=1S/C22H34N2O2/c1-3-4-5-6-7-8-9-10-15-26-20-11-12-22-21(16-20)19(17-24-22)13-14-23-18(2)25/h11-12,16-17,24H,3-10,13-15H2,1-2H3,(H,23,25). The van der Waals surface area contributed by atoms with E-state index in [0.717, 1.165) is 30.7 Å². The molecule has 2 N–H and O–H groups in total. The lowest BCUT2D eigenvalue weighted by atomic mass is 10.1. The fourth-order valence-corrected chi connectivity index (χ4v) is 3.25. The molecule has 26 heavy (non-hydrogen) atoms. The highest BCUT2D eigenvalue weighted by Gasteiger charge is 2.06. The highest BCUT2D eigenvalue weighted by Crippen LogP contribution is 2.24. The summed E-state index contributed by atoms with van der Waals surface area (Å²) in [5.74, 6) is 0.944. The number of amides is 1. The van der Waals surface area contributed by atoms with Crippen LogP contribution in [0.1, 0.15) is 70.8 Å². The summed E-state index contributed by atoms with van der Waals surface area (Å²) in [6.45, 7) is 5.25. The molecule has 1 aromatic heterocycles. The fraction of sp³-hybridized carbons (Fsp3) is 0.591. The average Bonchev–Trinajstić information content (AvgIpc) is 3.02. The van der Waals surface area contributed by atoms with Crippen LogP contribution in [-0.4, -0.2) is 24.0 Å². The van der Waals surface area contributed by atoms with E-state index < -0.39 is 0 Å². The minimum absolute atomic E-state index is 0.0132. The van der Waals surface area contributed by atoms with Crippen LogP contribution in [-0.2, 0) is 11.2 Å². The van der Waals surface area contributed by atoms with Gasteiger partial charge in [0.1, 0.15) is 5.75 Å². The molecule has 1 amide bonds. The number of fused-ring (bicyclic) bond motifs is 1.